The SMILES string of the molecule is CC(C)(C)c1ccc(N2[CH-]N(c3[c-]c(C(C)(C)c4[c-]c5c(cc4)c4ccccc4n5-c4cc(C(C)(C)C)ccn4)ccc3)c3ccccc32)cc1.[Pt]. The van der Waals surface area contributed by atoms with Gasteiger partial charge in [0.15, 0.2) is 0 Å². The molecule has 0 atom stereocenters. The van der Waals surface area contributed by atoms with Crippen molar-refractivity contribution in [3.63, 3.8) is 0 Å². The molecule has 5 heteroatoms. The van der Waals surface area contributed by atoms with Crippen molar-refractivity contribution in [3.8, 4) is 5.82 Å². The zero-order valence-electron chi connectivity index (χ0n) is 31.2. The van der Waals surface area contributed by atoms with E-state index in [4.69, 9.17) is 4.98 Å². The van der Waals surface area contributed by atoms with Gasteiger partial charge in [0, 0.05) is 49.8 Å². The Morgan fingerprint density at radius 1 is 0.577 bits per heavy atom. The Morgan fingerprint density at radius 3 is 1.94 bits per heavy atom. The Morgan fingerprint density at radius 2 is 1.23 bits per heavy atom. The number of pyridine rings is 1. The summed E-state index contributed by atoms with van der Waals surface area (Å²) in [5.41, 5.74) is 11.1. The van der Waals surface area contributed by atoms with Crippen LogP contribution in [0.5, 0.6) is 0 Å². The summed E-state index contributed by atoms with van der Waals surface area (Å²) in [4.78, 5) is 9.42. The molecule has 0 saturated heterocycles. The number of aromatic nitrogens is 2. The molecule has 1 aliphatic heterocycles. The van der Waals surface area contributed by atoms with Crippen molar-refractivity contribution in [1.82, 2.24) is 9.55 Å². The smallest absolute Gasteiger partial charge is 0.135 e. The quantitative estimate of drug-likeness (QED) is 0.161. The Labute approximate surface area is 323 Å². The summed E-state index contributed by atoms with van der Waals surface area (Å²) in [6, 6.07) is 49.2. The average Bonchev–Trinajstić information content (AvgIpc) is 3.67. The number of rotatable bonds is 5. The fourth-order valence-corrected chi connectivity index (χ4v) is 7.24. The standard InChI is InChI=1S/C47H45N4.Pt/c1-45(2,3)32-20-23-36(24-21-32)49-31-50(42-19-12-11-18-41(42)49)37-15-13-14-34(28-37)47(7,8)35-22-25-39-38-16-9-10-17-40(38)51(43(39)29-35)44-30-33(26-27-48-44)46(4,5)6;/h9-27,30-31H,1-8H3;/q-3;. The first kappa shape index (κ1) is 35.7. The largest absolute Gasteiger partial charge is 0.493 e. The van der Waals surface area contributed by atoms with Crippen LogP contribution in [0.1, 0.15) is 77.6 Å². The van der Waals surface area contributed by atoms with Gasteiger partial charge < -0.3 is 14.4 Å². The molecule has 2 aromatic heterocycles. The van der Waals surface area contributed by atoms with Crippen LogP contribution in [0, 0.1) is 18.8 Å². The zero-order valence-corrected chi connectivity index (χ0v) is 33.5. The Hall–Kier alpha value is -4.66. The fraction of sp³-hybridized carbons (Fsp3) is 0.234. The van der Waals surface area contributed by atoms with Gasteiger partial charge in [-0.1, -0.05) is 103 Å². The summed E-state index contributed by atoms with van der Waals surface area (Å²) in [5, 5.41) is 2.37. The van der Waals surface area contributed by atoms with Crippen LogP contribution in [0.3, 0.4) is 0 Å². The first-order valence-electron chi connectivity index (χ1n) is 17.9. The summed E-state index contributed by atoms with van der Waals surface area (Å²) in [5.74, 6) is 0.911. The number of para-hydroxylation sites is 3. The second-order valence-electron chi connectivity index (χ2n) is 16.4. The Balaban J connectivity index is 0.00000420. The molecule has 3 heterocycles. The molecule has 0 amide bonds. The van der Waals surface area contributed by atoms with Gasteiger partial charge >= 0.3 is 0 Å². The molecule has 0 spiro atoms. The molecule has 7 aromatic rings. The minimum atomic E-state index is -0.381. The maximum atomic E-state index is 4.89. The zero-order chi connectivity index (χ0) is 35.7. The molecule has 0 bridgehead atoms. The maximum absolute atomic E-state index is 4.89. The summed E-state index contributed by atoms with van der Waals surface area (Å²) in [6.07, 6.45) is 1.93. The fourth-order valence-electron chi connectivity index (χ4n) is 7.24. The van der Waals surface area contributed by atoms with E-state index in [1.165, 1.54) is 21.9 Å². The second kappa shape index (κ2) is 13.1. The molecule has 5 aromatic carbocycles. The van der Waals surface area contributed by atoms with Crippen molar-refractivity contribution in [2.75, 3.05) is 9.80 Å². The number of hydrogen-bond donors (Lipinski definition) is 0. The third kappa shape index (κ3) is 6.15. The number of fused-ring (bicyclic) bond motifs is 4. The summed E-state index contributed by atoms with van der Waals surface area (Å²) in [7, 11) is 0. The number of anilines is 4. The van der Waals surface area contributed by atoms with Crippen molar-refractivity contribution in [1.29, 1.82) is 0 Å². The van der Waals surface area contributed by atoms with Gasteiger partial charge in [-0.2, -0.15) is 53.6 Å². The van der Waals surface area contributed by atoms with E-state index in [1.807, 2.05) is 6.20 Å². The van der Waals surface area contributed by atoms with Gasteiger partial charge in [0.05, 0.1) is 0 Å². The molecule has 0 unspecified atom stereocenters. The first-order valence-corrected chi connectivity index (χ1v) is 17.9. The molecular formula is C47H45N4Pt-3. The van der Waals surface area contributed by atoms with E-state index in [2.05, 4.69) is 204 Å². The van der Waals surface area contributed by atoms with Gasteiger partial charge in [-0.05, 0) is 75.2 Å². The number of nitrogens with zero attached hydrogens (tertiary/aromatic N) is 4. The minimum Gasteiger partial charge on any atom is -0.493 e. The molecule has 4 nitrogen and oxygen atoms in total. The third-order valence-electron chi connectivity index (χ3n) is 10.5. The molecular weight excluding hydrogens is 816 g/mol. The molecule has 52 heavy (non-hydrogen) atoms. The van der Waals surface area contributed by atoms with Crippen LogP contribution in [0.25, 0.3) is 27.6 Å². The van der Waals surface area contributed by atoms with E-state index >= 15 is 0 Å². The normalized spacial score (nSPS) is 13.5. The molecule has 1 aliphatic rings. The van der Waals surface area contributed by atoms with Crippen LogP contribution in [-0.2, 0) is 37.3 Å². The molecule has 0 N–H and O–H groups in total. The second-order valence-corrected chi connectivity index (χ2v) is 16.4. The van der Waals surface area contributed by atoms with Crippen molar-refractivity contribution < 1.29 is 21.1 Å². The van der Waals surface area contributed by atoms with Gasteiger partial charge in [-0.3, -0.25) is 0 Å². The van der Waals surface area contributed by atoms with Gasteiger partial charge in [0.1, 0.15) is 5.82 Å². The van der Waals surface area contributed by atoms with Crippen molar-refractivity contribution in [3.05, 3.63) is 163 Å². The predicted molar refractivity (Wildman–Crippen MR) is 214 cm³/mol. The summed E-state index contributed by atoms with van der Waals surface area (Å²) in [6.45, 7) is 20.2. The van der Waals surface area contributed by atoms with Crippen LogP contribution >= 0.6 is 0 Å². The van der Waals surface area contributed by atoms with Crippen molar-refractivity contribution >= 4 is 44.6 Å². The first-order chi connectivity index (χ1) is 24.3. The average molecular weight is 861 g/mol. The molecule has 0 aliphatic carbocycles. The Bertz CT molecular complexity index is 2410. The molecule has 0 saturated carbocycles. The monoisotopic (exact) mass is 860 g/mol. The van der Waals surface area contributed by atoms with Crippen LogP contribution < -0.4 is 9.80 Å². The van der Waals surface area contributed by atoms with Crippen LogP contribution in [-0.4, -0.2) is 9.55 Å². The molecule has 266 valence electrons. The van der Waals surface area contributed by atoms with Crippen molar-refractivity contribution in [2.45, 2.75) is 71.6 Å². The van der Waals surface area contributed by atoms with Crippen LogP contribution in [0.15, 0.2) is 121 Å². The van der Waals surface area contributed by atoms with E-state index in [-0.39, 0.29) is 37.3 Å². The number of hydrogen-bond acceptors (Lipinski definition) is 3. The molecule has 0 fully saturated rings. The maximum Gasteiger partial charge on any atom is 0.135 e. The minimum absolute atomic E-state index is 0. The van der Waals surface area contributed by atoms with Gasteiger partial charge in [0.2, 0.25) is 0 Å². The van der Waals surface area contributed by atoms with E-state index in [0.717, 1.165) is 50.7 Å². The molecule has 8 rings (SSSR count). The van der Waals surface area contributed by atoms with Crippen LogP contribution in [0.4, 0.5) is 22.7 Å². The van der Waals surface area contributed by atoms with Gasteiger partial charge in [0.25, 0.3) is 0 Å². The predicted octanol–water partition coefficient (Wildman–Crippen LogP) is 12.1. The third-order valence-corrected chi connectivity index (χ3v) is 10.5. The number of benzene rings is 5. The van der Waals surface area contributed by atoms with Gasteiger partial charge in [-0.25, -0.2) is 4.98 Å². The van der Waals surface area contributed by atoms with Crippen LogP contribution in [0.2, 0.25) is 0 Å². The van der Waals surface area contributed by atoms with Gasteiger partial charge in [-0.15, -0.1) is 17.7 Å². The topological polar surface area (TPSA) is 24.3 Å². The van der Waals surface area contributed by atoms with E-state index < -0.39 is 0 Å². The summed E-state index contributed by atoms with van der Waals surface area (Å²) < 4.78 is 2.28. The Kier molecular flexibility index (Phi) is 8.99. The van der Waals surface area contributed by atoms with E-state index in [0.29, 0.717) is 0 Å². The molecule has 0 radical (unpaired) electrons. The van der Waals surface area contributed by atoms with E-state index in [9.17, 15) is 0 Å². The van der Waals surface area contributed by atoms with Crippen molar-refractivity contribution in [2.24, 2.45) is 0 Å². The summed E-state index contributed by atoms with van der Waals surface area (Å²) >= 11 is 0. The van der Waals surface area contributed by atoms with E-state index in [1.54, 1.807) is 0 Å².